The van der Waals surface area contributed by atoms with Crippen LogP contribution in [0.3, 0.4) is 0 Å². The standard InChI is InChI=1S/C18H14B2Cl2N6O4/c1-5-2-3-6-8(5)16(30)25-26-17(6)32-14-11(21)9(19)13(10(20)12(14)22)28-18(31)24-15(29)7(4-23)27-28/h5H,2-3,19-20H2,1H3,(H,25,30)(H,24,29,31). The van der Waals surface area contributed by atoms with Gasteiger partial charge in [0.25, 0.3) is 11.1 Å². The average Bonchev–Trinajstić information content (AvgIpc) is 3.15. The van der Waals surface area contributed by atoms with Gasteiger partial charge in [0.15, 0.2) is 5.75 Å². The summed E-state index contributed by atoms with van der Waals surface area (Å²) >= 11 is 13.1. The summed E-state index contributed by atoms with van der Waals surface area (Å²) < 4.78 is 6.83. The van der Waals surface area contributed by atoms with E-state index in [1.54, 1.807) is 21.8 Å². The molecule has 160 valence electrons. The molecule has 0 radical (unpaired) electrons. The second kappa shape index (κ2) is 8.00. The lowest BCUT2D eigenvalue weighted by Crippen LogP contribution is -2.39. The van der Waals surface area contributed by atoms with Crippen LogP contribution in [0.1, 0.15) is 36.1 Å². The molecule has 1 atom stereocenters. The molecule has 4 rings (SSSR count). The highest BCUT2D eigenvalue weighted by atomic mass is 35.5. The van der Waals surface area contributed by atoms with Gasteiger partial charge in [-0.05, 0) is 29.7 Å². The molecule has 32 heavy (non-hydrogen) atoms. The molecule has 1 unspecified atom stereocenters. The molecule has 2 N–H and O–H groups in total. The predicted octanol–water partition coefficient (Wildman–Crippen LogP) is -1.46. The molecular weight excluding hydrogens is 457 g/mol. The van der Waals surface area contributed by atoms with Gasteiger partial charge in [-0.25, -0.2) is 9.89 Å². The summed E-state index contributed by atoms with van der Waals surface area (Å²) in [6, 6.07) is 1.63. The van der Waals surface area contributed by atoms with Gasteiger partial charge in [-0.15, -0.1) is 10.2 Å². The predicted molar refractivity (Wildman–Crippen MR) is 123 cm³/mol. The van der Waals surface area contributed by atoms with Crippen LogP contribution in [-0.4, -0.2) is 40.7 Å². The maximum absolute atomic E-state index is 12.4. The summed E-state index contributed by atoms with van der Waals surface area (Å²) in [6.45, 7) is 1.96. The molecule has 3 aromatic rings. The van der Waals surface area contributed by atoms with E-state index < -0.39 is 16.9 Å². The topological polar surface area (TPSA) is 147 Å². The molecule has 0 spiro atoms. The molecule has 1 aliphatic carbocycles. The maximum Gasteiger partial charge on any atom is 0.349 e. The molecule has 0 saturated carbocycles. The van der Waals surface area contributed by atoms with E-state index in [1.807, 2.05) is 11.9 Å². The fourth-order valence-electron chi connectivity index (χ4n) is 3.89. The molecule has 0 fully saturated rings. The van der Waals surface area contributed by atoms with Crippen molar-refractivity contribution < 1.29 is 4.74 Å². The number of fused-ring (bicyclic) bond motifs is 1. The van der Waals surface area contributed by atoms with Crippen molar-refractivity contribution in [3.8, 4) is 23.4 Å². The van der Waals surface area contributed by atoms with Gasteiger partial charge in [-0.3, -0.25) is 14.6 Å². The van der Waals surface area contributed by atoms with Crippen LogP contribution in [-0.2, 0) is 6.42 Å². The molecule has 0 saturated heterocycles. The molecule has 1 aromatic carbocycles. The zero-order valence-electron chi connectivity index (χ0n) is 17.2. The smallest absolute Gasteiger partial charge is 0.349 e. The molecule has 1 aliphatic rings. The van der Waals surface area contributed by atoms with Crippen LogP contribution in [0.5, 0.6) is 11.6 Å². The highest BCUT2D eigenvalue weighted by Gasteiger charge is 2.29. The Kier molecular flexibility index (Phi) is 5.48. The molecule has 10 nitrogen and oxygen atoms in total. The number of nitrogens with one attached hydrogen (secondary N) is 2. The summed E-state index contributed by atoms with van der Waals surface area (Å²) in [5.41, 5.74) is -0.202. The molecule has 0 amide bonds. The summed E-state index contributed by atoms with van der Waals surface area (Å²) in [7, 11) is 3.23. The Bertz CT molecular complexity index is 1480. The lowest BCUT2D eigenvalue weighted by Gasteiger charge is -2.19. The van der Waals surface area contributed by atoms with Gasteiger partial charge in [0.05, 0.1) is 15.7 Å². The Hall–Kier alpha value is -3.29. The number of rotatable bonds is 3. The first-order chi connectivity index (χ1) is 15.1. The summed E-state index contributed by atoms with van der Waals surface area (Å²) in [4.78, 5) is 38.3. The van der Waals surface area contributed by atoms with Crippen molar-refractivity contribution in [1.29, 1.82) is 5.26 Å². The van der Waals surface area contributed by atoms with E-state index in [2.05, 4.69) is 15.3 Å². The second-order valence-corrected chi connectivity index (χ2v) is 8.24. The third-order valence-electron chi connectivity index (χ3n) is 5.52. The molecule has 0 bridgehead atoms. The first kappa shape index (κ1) is 21.9. The Balaban J connectivity index is 1.90. The van der Waals surface area contributed by atoms with Crippen LogP contribution < -0.4 is 32.5 Å². The molecule has 14 heteroatoms. The van der Waals surface area contributed by atoms with Crippen LogP contribution in [0.4, 0.5) is 0 Å². The van der Waals surface area contributed by atoms with Gasteiger partial charge >= 0.3 is 5.69 Å². The molecule has 2 aromatic heterocycles. The second-order valence-electron chi connectivity index (χ2n) is 7.48. The van der Waals surface area contributed by atoms with Crippen LogP contribution in [0.25, 0.3) is 5.69 Å². The van der Waals surface area contributed by atoms with Gasteiger partial charge in [0.2, 0.25) is 11.6 Å². The number of aromatic nitrogens is 5. The van der Waals surface area contributed by atoms with Crippen LogP contribution in [0.15, 0.2) is 14.4 Å². The minimum Gasteiger partial charge on any atom is -0.434 e. The number of benzene rings is 1. The van der Waals surface area contributed by atoms with E-state index in [-0.39, 0.29) is 38.8 Å². The lowest BCUT2D eigenvalue weighted by atomic mass is 9.84. The largest absolute Gasteiger partial charge is 0.434 e. The summed E-state index contributed by atoms with van der Waals surface area (Å²) in [6.07, 6.45) is 1.42. The minimum atomic E-state index is -0.895. The zero-order chi connectivity index (χ0) is 23.3. The monoisotopic (exact) mass is 470 g/mol. The number of hydrogen-bond acceptors (Lipinski definition) is 7. The number of H-pyrrole nitrogens is 2. The van der Waals surface area contributed by atoms with Gasteiger partial charge in [-0.2, -0.15) is 9.94 Å². The van der Waals surface area contributed by atoms with Crippen molar-refractivity contribution in [3.63, 3.8) is 0 Å². The van der Waals surface area contributed by atoms with Crippen molar-refractivity contribution >= 4 is 49.8 Å². The van der Waals surface area contributed by atoms with Gasteiger partial charge in [0.1, 0.15) is 21.8 Å². The van der Waals surface area contributed by atoms with Gasteiger partial charge < -0.3 is 4.74 Å². The van der Waals surface area contributed by atoms with Gasteiger partial charge in [0, 0.05) is 11.1 Å². The van der Waals surface area contributed by atoms with E-state index in [9.17, 15) is 14.4 Å². The van der Waals surface area contributed by atoms with Crippen molar-refractivity contribution in [3.05, 3.63) is 58.1 Å². The van der Waals surface area contributed by atoms with Crippen LogP contribution in [0.2, 0.25) is 10.0 Å². The quantitative estimate of drug-likeness (QED) is 0.445. The number of nitriles is 1. The number of nitrogens with zero attached hydrogens (tertiary/aromatic N) is 4. The highest BCUT2D eigenvalue weighted by molar-refractivity contribution is 6.55. The lowest BCUT2D eigenvalue weighted by molar-refractivity contribution is 0.449. The molecule has 2 heterocycles. The normalized spacial score (nSPS) is 14.8. The Morgan fingerprint density at radius 3 is 2.47 bits per heavy atom. The van der Waals surface area contributed by atoms with E-state index in [4.69, 9.17) is 33.2 Å². The Morgan fingerprint density at radius 2 is 1.84 bits per heavy atom. The van der Waals surface area contributed by atoms with Crippen molar-refractivity contribution in [1.82, 2.24) is 25.0 Å². The third-order valence-corrected chi connectivity index (χ3v) is 6.43. The fraction of sp³-hybridized carbons (Fsp3) is 0.222. The average molecular weight is 471 g/mol. The molecular formula is C18H14B2Cl2N6O4. The SMILES string of the molecule is Bc1c(Cl)c(Oc2n[nH]c(=O)c3c2CCC3C)c(Cl)c(B)c1-n1nc(C#N)c(=O)[nH]c1=O. The van der Waals surface area contributed by atoms with Crippen LogP contribution >= 0.6 is 23.2 Å². The Labute approximate surface area is 192 Å². The first-order valence-electron chi connectivity index (χ1n) is 9.57. The van der Waals surface area contributed by atoms with E-state index >= 15 is 0 Å². The zero-order valence-corrected chi connectivity index (χ0v) is 18.7. The van der Waals surface area contributed by atoms with Gasteiger partial charge in [-0.1, -0.05) is 30.1 Å². The number of halogens is 2. The fourth-order valence-corrected chi connectivity index (χ4v) is 4.38. The summed E-state index contributed by atoms with van der Waals surface area (Å²) in [5.74, 6) is 0.375. The Morgan fingerprint density at radius 1 is 1.19 bits per heavy atom. The number of hydrogen-bond donors (Lipinski definition) is 2. The highest BCUT2D eigenvalue weighted by Crippen LogP contribution is 2.39. The van der Waals surface area contributed by atoms with E-state index in [0.717, 1.165) is 11.1 Å². The van der Waals surface area contributed by atoms with Crippen molar-refractivity contribution in [2.45, 2.75) is 25.7 Å². The first-order valence-corrected chi connectivity index (χ1v) is 10.3. The number of aromatic amines is 2. The summed E-state index contributed by atoms with van der Waals surface area (Å²) in [5, 5.41) is 19.6. The van der Waals surface area contributed by atoms with Crippen LogP contribution in [0, 0.1) is 11.3 Å². The van der Waals surface area contributed by atoms with E-state index in [1.165, 1.54) is 0 Å². The minimum absolute atomic E-state index is 0.0726. The molecule has 0 aliphatic heterocycles. The third kappa shape index (κ3) is 3.34. The van der Waals surface area contributed by atoms with Crippen molar-refractivity contribution in [2.75, 3.05) is 0 Å². The van der Waals surface area contributed by atoms with E-state index in [0.29, 0.717) is 28.5 Å². The van der Waals surface area contributed by atoms with Crippen molar-refractivity contribution in [2.24, 2.45) is 0 Å². The maximum atomic E-state index is 12.4. The number of ether oxygens (including phenoxy) is 1.